The van der Waals surface area contributed by atoms with Crippen molar-refractivity contribution < 1.29 is 4.21 Å². The third-order valence-corrected chi connectivity index (χ3v) is 3.16. The Kier molecular flexibility index (Phi) is 4.22. The van der Waals surface area contributed by atoms with Gasteiger partial charge in [-0.15, -0.1) is 5.10 Å². The quantitative estimate of drug-likeness (QED) is 0.724. The molecular formula is C9H16N4O3S. The van der Waals surface area contributed by atoms with Crippen LogP contribution < -0.4 is 16.6 Å². The highest BCUT2D eigenvalue weighted by atomic mass is 32.2. The van der Waals surface area contributed by atoms with Crippen LogP contribution in [0.3, 0.4) is 0 Å². The summed E-state index contributed by atoms with van der Waals surface area (Å²) in [4.78, 5) is 23.1. The smallest absolute Gasteiger partial charge is 0.346 e. The van der Waals surface area contributed by atoms with Crippen molar-refractivity contribution in [3.8, 4) is 0 Å². The van der Waals surface area contributed by atoms with Gasteiger partial charge in [0.05, 0.1) is 0 Å². The molecule has 0 saturated carbocycles. The van der Waals surface area contributed by atoms with Gasteiger partial charge in [-0.1, -0.05) is 0 Å². The van der Waals surface area contributed by atoms with E-state index < -0.39 is 22.0 Å². The van der Waals surface area contributed by atoms with Gasteiger partial charge < -0.3 is 5.32 Å². The molecule has 2 unspecified atom stereocenters. The average Bonchev–Trinajstić information content (AvgIpc) is 2.21. The highest BCUT2D eigenvalue weighted by Crippen LogP contribution is 1.96. The highest BCUT2D eigenvalue weighted by Gasteiger charge is 2.11. The summed E-state index contributed by atoms with van der Waals surface area (Å²) in [6, 6.07) is -0.154. The fourth-order valence-corrected chi connectivity index (χ4v) is 2.20. The van der Waals surface area contributed by atoms with E-state index >= 15 is 0 Å². The van der Waals surface area contributed by atoms with Crippen molar-refractivity contribution in [1.29, 1.82) is 0 Å². The Morgan fingerprint density at radius 1 is 1.41 bits per heavy atom. The van der Waals surface area contributed by atoms with Crippen molar-refractivity contribution in [1.82, 2.24) is 14.3 Å². The summed E-state index contributed by atoms with van der Waals surface area (Å²) >= 11 is 0. The zero-order chi connectivity index (χ0) is 13.2. The Labute approximate surface area is 101 Å². The van der Waals surface area contributed by atoms with E-state index in [-0.39, 0.29) is 11.9 Å². The Balaban J connectivity index is 3.04. The van der Waals surface area contributed by atoms with Crippen LogP contribution in [0.5, 0.6) is 0 Å². The highest BCUT2D eigenvalue weighted by molar-refractivity contribution is 7.84. The van der Waals surface area contributed by atoms with E-state index in [4.69, 9.17) is 0 Å². The van der Waals surface area contributed by atoms with Crippen molar-refractivity contribution in [2.24, 2.45) is 14.1 Å². The van der Waals surface area contributed by atoms with E-state index in [1.165, 1.54) is 14.1 Å². The molecular weight excluding hydrogens is 244 g/mol. The van der Waals surface area contributed by atoms with Crippen LogP contribution in [0.2, 0.25) is 0 Å². The van der Waals surface area contributed by atoms with Crippen molar-refractivity contribution in [3.63, 3.8) is 0 Å². The third-order valence-electron chi connectivity index (χ3n) is 2.19. The molecule has 1 aromatic rings. The molecule has 0 aliphatic heterocycles. The lowest BCUT2D eigenvalue weighted by atomic mass is 10.4. The number of nitrogens with zero attached hydrogens (tertiary/aromatic N) is 3. The largest absolute Gasteiger partial charge is 0.361 e. The summed E-state index contributed by atoms with van der Waals surface area (Å²) in [7, 11) is 1.90. The van der Waals surface area contributed by atoms with Gasteiger partial charge in [0.15, 0.2) is 0 Å². The van der Waals surface area contributed by atoms with Crippen LogP contribution in [0, 0.1) is 0 Å². The Morgan fingerprint density at radius 3 is 2.53 bits per heavy atom. The summed E-state index contributed by atoms with van der Waals surface area (Å²) < 4.78 is 13.1. The molecule has 0 amide bonds. The molecule has 1 heterocycles. The third kappa shape index (κ3) is 3.26. The van der Waals surface area contributed by atoms with Gasteiger partial charge in [0.2, 0.25) is 5.82 Å². The predicted molar refractivity (Wildman–Crippen MR) is 66.7 cm³/mol. The number of rotatable bonds is 4. The molecule has 1 rings (SSSR count). The van der Waals surface area contributed by atoms with Crippen molar-refractivity contribution in [2.75, 3.05) is 17.3 Å². The molecule has 0 bridgehead atoms. The van der Waals surface area contributed by atoms with Crippen LogP contribution in [0.4, 0.5) is 5.82 Å². The Bertz CT molecular complexity index is 548. The van der Waals surface area contributed by atoms with Crippen molar-refractivity contribution in [2.45, 2.75) is 13.0 Å². The van der Waals surface area contributed by atoms with Crippen molar-refractivity contribution >= 4 is 16.6 Å². The fourth-order valence-electron chi connectivity index (χ4n) is 1.42. The second-order valence-electron chi connectivity index (χ2n) is 3.90. The van der Waals surface area contributed by atoms with E-state index in [9.17, 15) is 13.8 Å². The molecule has 17 heavy (non-hydrogen) atoms. The van der Waals surface area contributed by atoms with E-state index in [0.717, 1.165) is 9.25 Å². The van der Waals surface area contributed by atoms with E-state index in [1.807, 2.05) is 0 Å². The first-order valence-corrected chi connectivity index (χ1v) is 6.76. The molecule has 0 aliphatic carbocycles. The zero-order valence-electron chi connectivity index (χ0n) is 10.3. The number of hydrogen-bond donors (Lipinski definition) is 1. The maximum atomic E-state index is 11.7. The van der Waals surface area contributed by atoms with Gasteiger partial charge in [-0.2, -0.15) is 0 Å². The number of aryl methyl sites for hydroxylation is 1. The van der Waals surface area contributed by atoms with Gasteiger partial charge >= 0.3 is 5.69 Å². The Hall–Kier alpha value is -1.44. The van der Waals surface area contributed by atoms with Gasteiger partial charge in [-0.3, -0.25) is 13.6 Å². The normalized spacial score (nSPS) is 14.4. The average molecular weight is 260 g/mol. The molecule has 0 saturated heterocycles. The number of nitrogens with one attached hydrogen (secondary N) is 1. The van der Waals surface area contributed by atoms with Crippen LogP contribution in [0.15, 0.2) is 9.59 Å². The molecule has 2 atom stereocenters. The lowest BCUT2D eigenvalue weighted by molar-refractivity contribution is 0.601. The molecule has 0 fully saturated rings. The van der Waals surface area contributed by atoms with Gasteiger partial charge in [0.1, 0.15) is 0 Å². The molecule has 7 nitrogen and oxygen atoms in total. The van der Waals surface area contributed by atoms with E-state index in [1.54, 1.807) is 13.2 Å². The lowest BCUT2D eigenvalue weighted by Crippen LogP contribution is -2.41. The summed E-state index contributed by atoms with van der Waals surface area (Å²) in [6.07, 6.45) is 1.59. The molecule has 1 aromatic heterocycles. The minimum atomic E-state index is -0.959. The monoisotopic (exact) mass is 260 g/mol. The van der Waals surface area contributed by atoms with Crippen LogP contribution in [-0.2, 0) is 24.9 Å². The molecule has 96 valence electrons. The summed E-state index contributed by atoms with van der Waals surface area (Å²) in [5.41, 5.74) is -0.964. The summed E-state index contributed by atoms with van der Waals surface area (Å²) in [5, 5.41) is 6.69. The lowest BCUT2D eigenvalue weighted by Gasteiger charge is -2.13. The van der Waals surface area contributed by atoms with Gasteiger partial charge in [0, 0.05) is 42.9 Å². The zero-order valence-corrected chi connectivity index (χ0v) is 11.1. The number of aromatic nitrogens is 3. The van der Waals surface area contributed by atoms with Crippen LogP contribution in [-0.4, -0.2) is 36.6 Å². The second kappa shape index (κ2) is 5.26. The first kappa shape index (κ1) is 13.6. The molecule has 1 N–H and O–H groups in total. The molecule has 0 aliphatic rings. The predicted octanol–water partition coefficient (Wildman–Crippen LogP) is -1.34. The van der Waals surface area contributed by atoms with Crippen LogP contribution in [0.25, 0.3) is 0 Å². The maximum absolute atomic E-state index is 11.7. The van der Waals surface area contributed by atoms with Gasteiger partial charge in [-0.05, 0) is 6.92 Å². The Morgan fingerprint density at radius 2 is 2.00 bits per heavy atom. The topological polar surface area (TPSA) is 86.0 Å². The van der Waals surface area contributed by atoms with E-state index in [2.05, 4.69) is 10.4 Å². The molecule has 0 radical (unpaired) electrons. The maximum Gasteiger partial charge on any atom is 0.346 e. The van der Waals surface area contributed by atoms with Gasteiger partial charge in [0.25, 0.3) is 5.56 Å². The summed E-state index contributed by atoms with van der Waals surface area (Å²) in [6.45, 7) is 1.80. The standard InChI is InChI=1S/C9H16N4O3S/c1-6(5-17(4)16)10-7-8(14)12(2)9(15)13(3)11-7/h6H,5H2,1-4H3,(H,10,11). The summed E-state index contributed by atoms with van der Waals surface area (Å²) in [5.74, 6) is 0.501. The van der Waals surface area contributed by atoms with Crippen molar-refractivity contribution in [3.05, 3.63) is 20.8 Å². The first-order chi connectivity index (χ1) is 7.82. The molecule has 8 heteroatoms. The fraction of sp³-hybridized carbons (Fsp3) is 0.667. The number of anilines is 1. The number of hydrogen-bond acceptors (Lipinski definition) is 5. The SMILES string of the molecule is CC(CS(C)=O)Nc1nn(C)c(=O)n(C)c1=O. The van der Waals surface area contributed by atoms with Crippen LogP contribution in [0.1, 0.15) is 6.92 Å². The second-order valence-corrected chi connectivity index (χ2v) is 5.38. The van der Waals surface area contributed by atoms with E-state index in [0.29, 0.717) is 5.75 Å². The van der Waals surface area contributed by atoms with Gasteiger partial charge in [-0.25, -0.2) is 9.48 Å². The minimum Gasteiger partial charge on any atom is -0.361 e. The van der Waals surface area contributed by atoms with Crippen LogP contribution >= 0.6 is 0 Å². The minimum absolute atomic E-state index is 0.0903. The molecule has 0 aromatic carbocycles. The molecule has 0 spiro atoms. The first-order valence-electron chi connectivity index (χ1n) is 5.03.